The minimum atomic E-state index is -4.30. The number of nitrogens with one attached hydrogen (secondary N) is 1. The first kappa shape index (κ1) is 25.2. The zero-order valence-corrected chi connectivity index (χ0v) is 21.2. The first-order valence-corrected chi connectivity index (χ1v) is 13.4. The van der Waals surface area contributed by atoms with Crippen molar-refractivity contribution < 1.29 is 21.9 Å². The lowest BCUT2D eigenvalue weighted by atomic mass is 10.1. The van der Waals surface area contributed by atoms with Gasteiger partial charge in [-0.05, 0) is 48.9 Å². The van der Waals surface area contributed by atoms with Crippen LogP contribution in [0.1, 0.15) is 11.1 Å². The normalized spacial score (nSPS) is 11.6. The number of hydrogen-bond acceptors (Lipinski definition) is 10. The number of nitro groups is 1. The van der Waals surface area contributed by atoms with Gasteiger partial charge in [-0.3, -0.25) is 14.9 Å². The number of H-pyrrole nitrogens is 1. The van der Waals surface area contributed by atoms with Crippen molar-refractivity contribution in [1.29, 1.82) is 0 Å². The Morgan fingerprint density at radius 2 is 1.79 bits per heavy atom. The van der Waals surface area contributed by atoms with Gasteiger partial charge in [0, 0.05) is 35.4 Å². The van der Waals surface area contributed by atoms with E-state index in [0.717, 1.165) is 29.8 Å². The van der Waals surface area contributed by atoms with Gasteiger partial charge < -0.3 is 13.6 Å². The summed E-state index contributed by atoms with van der Waals surface area (Å²) in [7, 11) is -4.30. The molecular formula is C25H17N3O8S2. The molecule has 0 radical (unpaired) electrons. The Bertz CT molecular complexity index is 1950. The molecule has 5 aromatic rings. The number of benzene rings is 3. The molecule has 0 aliphatic carbocycles. The molecule has 0 unspecified atom stereocenters. The second-order valence-electron chi connectivity index (χ2n) is 8.22. The zero-order valence-electron chi connectivity index (χ0n) is 19.5. The van der Waals surface area contributed by atoms with Gasteiger partial charge in [-0.1, -0.05) is 23.4 Å². The summed E-state index contributed by atoms with van der Waals surface area (Å²) in [6.45, 7) is 1.88. The molecule has 0 aliphatic rings. The molecule has 0 amide bonds. The first-order chi connectivity index (χ1) is 18.1. The van der Waals surface area contributed by atoms with Crippen molar-refractivity contribution in [2.45, 2.75) is 22.7 Å². The topological polar surface area (TPSA) is 162 Å². The maximum atomic E-state index is 12.6. The van der Waals surface area contributed by atoms with Gasteiger partial charge in [0.1, 0.15) is 16.2 Å². The van der Waals surface area contributed by atoms with Gasteiger partial charge >= 0.3 is 15.7 Å². The maximum absolute atomic E-state index is 12.6. The van der Waals surface area contributed by atoms with Crippen LogP contribution in [0.4, 0.5) is 5.69 Å². The van der Waals surface area contributed by atoms with Crippen LogP contribution < -0.4 is 15.4 Å². The quantitative estimate of drug-likeness (QED) is 0.0770. The molecule has 0 fully saturated rings. The third-order valence-electron chi connectivity index (χ3n) is 5.55. The summed E-state index contributed by atoms with van der Waals surface area (Å²) in [5.74, 6) is 0.156. The lowest BCUT2D eigenvalue weighted by molar-refractivity contribution is -0.384. The Labute approximate surface area is 218 Å². The summed E-state index contributed by atoms with van der Waals surface area (Å²) in [5, 5.41) is 12.2. The van der Waals surface area contributed by atoms with Crippen LogP contribution in [-0.4, -0.2) is 23.3 Å². The summed E-state index contributed by atoms with van der Waals surface area (Å²) in [4.78, 5) is 41.8. The second-order valence-corrected chi connectivity index (χ2v) is 10.7. The number of aromatic nitrogens is 2. The number of nitro benzene ring substituents is 1. The lowest BCUT2D eigenvalue weighted by Gasteiger charge is -2.09. The minimum Gasteiger partial charge on any atom is -0.423 e. The van der Waals surface area contributed by atoms with E-state index in [1.165, 1.54) is 30.0 Å². The van der Waals surface area contributed by atoms with Crippen LogP contribution in [0.15, 0.2) is 90.8 Å². The number of non-ortho nitro benzene ring substituents is 1. The highest BCUT2D eigenvalue weighted by Crippen LogP contribution is 2.29. The molecule has 0 saturated carbocycles. The van der Waals surface area contributed by atoms with Crippen molar-refractivity contribution in [3.8, 4) is 5.75 Å². The average Bonchev–Trinajstić information content (AvgIpc) is 2.87. The van der Waals surface area contributed by atoms with Gasteiger partial charge in [-0.15, -0.1) is 0 Å². The van der Waals surface area contributed by atoms with Crippen LogP contribution in [0.25, 0.3) is 21.9 Å². The van der Waals surface area contributed by atoms with Crippen molar-refractivity contribution in [2.24, 2.45) is 0 Å². The molecule has 1 N–H and O–H groups in total. The maximum Gasteiger partial charge on any atom is 0.339 e. The second kappa shape index (κ2) is 9.76. The number of thioether (sulfide) groups is 1. The van der Waals surface area contributed by atoms with Crippen molar-refractivity contribution in [3.05, 3.63) is 109 Å². The molecule has 3 aromatic carbocycles. The number of aryl methyl sites for hydroxylation is 1. The molecule has 13 heteroatoms. The number of hydrogen-bond donors (Lipinski definition) is 1. The SMILES string of the molecule is Cc1ccc2nc(SCc3cc(=O)oc4cc(OS(=O)(=O)c5ccc([N+](=O)[O-])cc5)ccc34)[nH]c(=O)c2c1. The fraction of sp³-hybridized carbons (Fsp3) is 0.0800. The predicted octanol–water partition coefficient (Wildman–Crippen LogP) is 4.31. The van der Waals surface area contributed by atoms with Gasteiger partial charge in [-0.25, -0.2) is 9.78 Å². The lowest BCUT2D eigenvalue weighted by Crippen LogP contribution is -2.10. The van der Waals surface area contributed by atoms with E-state index in [-0.39, 0.29) is 33.2 Å². The molecule has 11 nitrogen and oxygen atoms in total. The standard InChI is InChI=1S/C25H17N3O8S2/c1-14-2-9-21-20(10-14)24(30)27-25(26-21)37-13-15-11-23(29)35-22-12-17(5-8-19(15)22)36-38(33,34)18-6-3-16(4-7-18)28(31)32/h2-12H,13H2,1H3,(H,26,27,30). The van der Waals surface area contributed by atoms with Gasteiger partial charge in [0.05, 0.1) is 15.8 Å². The molecule has 192 valence electrons. The van der Waals surface area contributed by atoms with Crippen LogP contribution >= 0.6 is 11.8 Å². The van der Waals surface area contributed by atoms with Gasteiger partial charge in [0.2, 0.25) is 0 Å². The van der Waals surface area contributed by atoms with Gasteiger partial charge in [-0.2, -0.15) is 8.42 Å². The van der Waals surface area contributed by atoms with E-state index in [9.17, 15) is 28.1 Å². The summed E-state index contributed by atoms with van der Waals surface area (Å²) in [6, 6.07) is 15.2. The molecule has 5 rings (SSSR count). The van der Waals surface area contributed by atoms with E-state index in [2.05, 4.69) is 9.97 Å². The molecule has 2 aromatic heterocycles. The Morgan fingerprint density at radius 1 is 1.03 bits per heavy atom. The van der Waals surface area contributed by atoms with Crippen LogP contribution in [0.5, 0.6) is 5.75 Å². The van der Waals surface area contributed by atoms with E-state index in [0.29, 0.717) is 27.0 Å². The Balaban J connectivity index is 1.41. The highest BCUT2D eigenvalue weighted by atomic mass is 32.2. The first-order valence-electron chi connectivity index (χ1n) is 11.0. The van der Waals surface area contributed by atoms with Crippen molar-refractivity contribution >= 4 is 49.4 Å². The minimum absolute atomic E-state index is 0.0972. The van der Waals surface area contributed by atoms with Crippen LogP contribution in [-0.2, 0) is 15.9 Å². The molecule has 0 aliphatic heterocycles. The number of fused-ring (bicyclic) bond motifs is 2. The Hall–Kier alpha value is -4.49. The zero-order chi connectivity index (χ0) is 27.0. The largest absolute Gasteiger partial charge is 0.423 e. The Kier molecular flexibility index (Phi) is 6.46. The van der Waals surface area contributed by atoms with Crippen molar-refractivity contribution in [3.63, 3.8) is 0 Å². The summed E-state index contributed by atoms with van der Waals surface area (Å²) < 4.78 is 35.7. The number of rotatable bonds is 7. The third-order valence-corrected chi connectivity index (χ3v) is 7.73. The van der Waals surface area contributed by atoms with Crippen LogP contribution in [0.3, 0.4) is 0 Å². The average molecular weight is 552 g/mol. The highest BCUT2D eigenvalue weighted by Gasteiger charge is 2.19. The smallest absolute Gasteiger partial charge is 0.339 e. The predicted molar refractivity (Wildman–Crippen MR) is 140 cm³/mol. The molecule has 0 saturated heterocycles. The molecule has 0 atom stereocenters. The monoisotopic (exact) mass is 551 g/mol. The third kappa shape index (κ3) is 5.14. The molecule has 2 heterocycles. The van der Waals surface area contributed by atoms with E-state index < -0.39 is 20.7 Å². The fourth-order valence-electron chi connectivity index (χ4n) is 3.74. The summed E-state index contributed by atoms with van der Waals surface area (Å²) >= 11 is 1.22. The summed E-state index contributed by atoms with van der Waals surface area (Å²) in [5.41, 5.74) is 0.984. The van der Waals surface area contributed by atoms with Crippen LogP contribution in [0.2, 0.25) is 0 Å². The molecule has 0 spiro atoms. The molecule has 38 heavy (non-hydrogen) atoms. The fourth-order valence-corrected chi connectivity index (χ4v) is 5.52. The molecular weight excluding hydrogens is 534 g/mol. The van der Waals surface area contributed by atoms with E-state index in [1.54, 1.807) is 18.2 Å². The van der Waals surface area contributed by atoms with Gasteiger partial charge in [0.15, 0.2) is 5.16 Å². The Morgan fingerprint density at radius 3 is 2.53 bits per heavy atom. The van der Waals surface area contributed by atoms with E-state index in [1.807, 2.05) is 13.0 Å². The molecule has 0 bridgehead atoms. The highest BCUT2D eigenvalue weighted by molar-refractivity contribution is 7.98. The van der Waals surface area contributed by atoms with Gasteiger partial charge in [0.25, 0.3) is 11.2 Å². The van der Waals surface area contributed by atoms with Crippen molar-refractivity contribution in [1.82, 2.24) is 9.97 Å². The van der Waals surface area contributed by atoms with Crippen molar-refractivity contribution in [2.75, 3.05) is 0 Å². The van der Waals surface area contributed by atoms with E-state index in [4.69, 9.17) is 8.60 Å². The van der Waals surface area contributed by atoms with Crippen LogP contribution in [0, 0.1) is 17.0 Å². The van der Waals surface area contributed by atoms with E-state index >= 15 is 0 Å². The summed E-state index contributed by atoms with van der Waals surface area (Å²) in [6.07, 6.45) is 0. The number of aromatic amines is 1. The number of nitrogens with zero attached hydrogens (tertiary/aromatic N) is 2.